The van der Waals surface area contributed by atoms with Gasteiger partial charge in [0.1, 0.15) is 6.04 Å². The first-order chi connectivity index (χ1) is 9.10. The molecule has 1 atom stereocenters. The average molecular weight is 341 g/mol. The van der Waals surface area contributed by atoms with Gasteiger partial charge in [0, 0.05) is 15.6 Å². The zero-order valence-corrected chi connectivity index (χ0v) is 14.1. The fourth-order valence-electron chi connectivity index (χ4n) is 1.66. The highest BCUT2D eigenvalue weighted by Gasteiger charge is 2.21. The number of benzene rings is 1. The monoisotopic (exact) mass is 340 g/mol. The van der Waals surface area contributed by atoms with Crippen LogP contribution in [0.25, 0.3) is 0 Å². The summed E-state index contributed by atoms with van der Waals surface area (Å²) < 4.78 is 0.833. The number of hydrogen-bond acceptors (Lipinski definition) is 2. The van der Waals surface area contributed by atoms with Crippen LogP contribution in [0.4, 0.5) is 0 Å². The molecule has 0 aliphatic rings. The normalized spacial score (nSPS) is 12.7. The summed E-state index contributed by atoms with van der Waals surface area (Å²) in [5.41, 5.74) is 1.12. The lowest BCUT2D eigenvalue weighted by atomic mass is 10.1. The fraction of sp³-hybridized carbons (Fsp3) is 0.467. The van der Waals surface area contributed by atoms with Gasteiger partial charge in [-0.3, -0.25) is 9.59 Å². The Morgan fingerprint density at radius 1 is 1.25 bits per heavy atom. The first-order valence-electron chi connectivity index (χ1n) is 6.49. The van der Waals surface area contributed by atoms with Gasteiger partial charge in [-0.25, -0.2) is 0 Å². The molecule has 0 heterocycles. The summed E-state index contributed by atoms with van der Waals surface area (Å²) in [4.78, 5) is 24.1. The van der Waals surface area contributed by atoms with Gasteiger partial charge in [-0.15, -0.1) is 0 Å². The molecule has 0 aliphatic heterocycles. The molecule has 2 amide bonds. The van der Waals surface area contributed by atoms with E-state index in [4.69, 9.17) is 0 Å². The molecule has 2 N–H and O–H groups in total. The number of carbonyl (C=O) groups excluding carboxylic acids is 2. The molecule has 0 saturated heterocycles. The number of amides is 2. The summed E-state index contributed by atoms with van der Waals surface area (Å²) in [6, 6.07) is 4.90. The molecule has 1 aromatic rings. The number of rotatable bonds is 3. The van der Waals surface area contributed by atoms with Crippen molar-refractivity contribution in [3.63, 3.8) is 0 Å². The molecule has 1 unspecified atom stereocenters. The summed E-state index contributed by atoms with van der Waals surface area (Å²) in [6.07, 6.45) is 0. The lowest BCUT2D eigenvalue weighted by Crippen LogP contribution is -2.50. The minimum absolute atomic E-state index is 0.196. The summed E-state index contributed by atoms with van der Waals surface area (Å²) in [6.45, 7) is 9.24. The first kappa shape index (κ1) is 16.7. The van der Waals surface area contributed by atoms with Crippen molar-refractivity contribution in [2.75, 3.05) is 0 Å². The van der Waals surface area contributed by atoms with Crippen molar-refractivity contribution in [1.29, 1.82) is 0 Å². The molecule has 0 spiro atoms. The maximum atomic E-state index is 12.2. The van der Waals surface area contributed by atoms with E-state index >= 15 is 0 Å². The Kier molecular flexibility index (Phi) is 5.34. The lowest BCUT2D eigenvalue weighted by Gasteiger charge is -2.23. The van der Waals surface area contributed by atoms with Gasteiger partial charge in [0.25, 0.3) is 5.91 Å². The SMILES string of the molecule is Cc1ccc(Br)cc1C(=O)NC(C)C(=O)NC(C)(C)C. The van der Waals surface area contributed by atoms with E-state index in [1.165, 1.54) is 0 Å². The van der Waals surface area contributed by atoms with E-state index in [0.717, 1.165) is 10.0 Å². The largest absolute Gasteiger partial charge is 0.350 e. The minimum Gasteiger partial charge on any atom is -0.350 e. The predicted octanol–water partition coefficient (Wildman–Crippen LogP) is 2.79. The van der Waals surface area contributed by atoms with Gasteiger partial charge < -0.3 is 10.6 Å². The third kappa shape index (κ3) is 4.96. The van der Waals surface area contributed by atoms with Crippen LogP contribution in [-0.4, -0.2) is 23.4 Å². The summed E-state index contributed by atoms with van der Waals surface area (Å²) in [7, 11) is 0. The van der Waals surface area contributed by atoms with E-state index in [2.05, 4.69) is 26.6 Å². The molecule has 110 valence electrons. The van der Waals surface area contributed by atoms with Crippen LogP contribution in [0.2, 0.25) is 0 Å². The molecule has 1 rings (SSSR count). The number of halogens is 1. The Hall–Kier alpha value is -1.36. The Balaban J connectivity index is 2.75. The van der Waals surface area contributed by atoms with Crippen LogP contribution in [0.1, 0.15) is 43.6 Å². The van der Waals surface area contributed by atoms with Crippen molar-refractivity contribution < 1.29 is 9.59 Å². The molecule has 5 heteroatoms. The van der Waals surface area contributed by atoms with Gasteiger partial charge in [0.05, 0.1) is 0 Å². The van der Waals surface area contributed by atoms with Crippen LogP contribution in [0.5, 0.6) is 0 Å². The fourth-order valence-corrected chi connectivity index (χ4v) is 2.02. The summed E-state index contributed by atoms with van der Waals surface area (Å²) in [5.74, 6) is -0.446. The van der Waals surface area contributed by atoms with Crippen molar-refractivity contribution in [3.05, 3.63) is 33.8 Å². The third-order valence-electron chi connectivity index (χ3n) is 2.68. The zero-order chi connectivity index (χ0) is 15.5. The molecular weight excluding hydrogens is 320 g/mol. The average Bonchev–Trinajstić information content (AvgIpc) is 2.29. The Bertz CT molecular complexity index is 521. The highest BCUT2D eigenvalue weighted by Crippen LogP contribution is 2.16. The van der Waals surface area contributed by atoms with E-state index in [0.29, 0.717) is 5.56 Å². The van der Waals surface area contributed by atoms with Gasteiger partial charge in [0.2, 0.25) is 5.91 Å². The van der Waals surface area contributed by atoms with E-state index in [9.17, 15) is 9.59 Å². The second-order valence-corrected chi connectivity index (χ2v) is 6.81. The molecule has 0 bridgehead atoms. The van der Waals surface area contributed by atoms with Crippen molar-refractivity contribution in [2.45, 2.75) is 46.2 Å². The lowest BCUT2D eigenvalue weighted by molar-refractivity contribution is -0.124. The Labute approximate surface area is 128 Å². The number of hydrogen-bond donors (Lipinski definition) is 2. The van der Waals surface area contributed by atoms with Crippen molar-refractivity contribution >= 4 is 27.7 Å². The number of aryl methyl sites for hydroxylation is 1. The molecule has 20 heavy (non-hydrogen) atoms. The van der Waals surface area contributed by atoms with Crippen LogP contribution in [0.15, 0.2) is 22.7 Å². The first-order valence-corrected chi connectivity index (χ1v) is 7.28. The summed E-state index contributed by atoms with van der Waals surface area (Å²) >= 11 is 3.34. The van der Waals surface area contributed by atoms with Gasteiger partial charge in [-0.05, 0) is 52.3 Å². The quantitative estimate of drug-likeness (QED) is 0.888. The van der Waals surface area contributed by atoms with Crippen LogP contribution in [-0.2, 0) is 4.79 Å². The second kappa shape index (κ2) is 6.39. The zero-order valence-electron chi connectivity index (χ0n) is 12.5. The predicted molar refractivity (Wildman–Crippen MR) is 83.7 cm³/mol. The van der Waals surface area contributed by atoms with Gasteiger partial charge in [0.15, 0.2) is 0 Å². The van der Waals surface area contributed by atoms with Crippen molar-refractivity contribution in [2.24, 2.45) is 0 Å². The number of nitrogens with one attached hydrogen (secondary N) is 2. The van der Waals surface area contributed by atoms with Crippen LogP contribution >= 0.6 is 15.9 Å². The Morgan fingerprint density at radius 2 is 1.85 bits per heavy atom. The van der Waals surface area contributed by atoms with E-state index in [-0.39, 0.29) is 17.4 Å². The molecular formula is C15H21BrN2O2. The molecule has 0 fully saturated rings. The highest BCUT2D eigenvalue weighted by atomic mass is 79.9. The molecule has 4 nitrogen and oxygen atoms in total. The maximum Gasteiger partial charge on any atom is 0.252 e. The van der Waals surface area contributed by atoms with Crippen LogP contribution < -0.4 is 10.6 Å². The molecule has 1 aromatic carbocycles. The molecule has 0 aromatic heterocycles. The highest BCUT2D eigenvalue weighted by molar-refractivity contribution is 9.10. The van der Waals surface area contributed by atoms with Crippen molar-refractivity contribution in [1.82, 2.24) is 10.6 Å². The molecule has 0 radical (unpaired) electrons. The summed E-state index contributed by atoms with van der Waals surface area (Å²) in [5, 5.41) is 5.55. The number of carbonyl (C=O) groups is 2. The van der Waals surface area contributed by atoms with Gasteiger partial charge >= 0.3 is 0 Å². The van der Waals surface area contributed by atoms with Gasteiger partial charge in [-0.2, -0.15) is 0 Å². The van der Waals surface area contributed by atoms with Gasteiger partial charge in [-0.1, -0.05) is 22.0 Å². The van der Waals surface area contributed by atoms with Crippen LogP contribution in [0, 0.1) is 6.92 Å². The standard InChI is InChI=1S/C15H21BrN2O2/c1-9-6-7-11(16)8-12(9)14(20)17-10(2)13(19)18-15(3,4)5/h6-8,10H,1-5H3,(H,17,20)(H,18,19). The molecule has 0 aliphatic carbocycles. The Morgan fingerprint density at radius 3 is 2.40 bits per heavy atom. The van der Waals surface area contributed by atoms with E-state index < -0.39 is 6.04 Å². The van der Waals surface area contributed by atoms with Crippen molar-refractivity contribution in [3.8, 4) is 0 Å². The smallest absolute Gasteiger partial charge is 0.252 e. The third-order valence-corrected chi connectivity index (χ3v) is 3.18. The van der Waals surface area contributed by atoms with E-state index in [1.807, 2.05) is 39.8 Å². The van der Waals surface area contributed by atoms with Crippen LogP contribution in [0.3, 0.4) is 0 Å². The minimum atomic E-state index is -0.583. The maximum absolute atomic E-state index is 12.2. The second-order valence-electron chi connectivity index (χ2n) is 5.89. The van der Waals surface area contributed by atoms with E-state index in [1.54, 1.807) is 13.0 Å². The topological polar surface area (TPSA) is 58.2 Å². The molecule has 0 saturated carbocycles.